The normalized spacial score (nSPS) is 18.4. The van der Waals surface area contributed by atoms with Crippen molar-refractivity contribution in [3.8, 4) is 6.07 Å². The van der Waals surface area contributed by atoms with Gasteiger partial charge in [0.1, 0.15) is 24.5 Å². The maximum Gasteiger partial charge on any atom is 0.405 e. The van der Waals surface area contributed by atoms with E-state index in [0.29, 0.717) is 30.8 Å². The molecule has 8 heteroatoms. The van der Waals surface area contributed by atoms with Crippen LogP contribution < -0.4 is 10.2 Å². The Kier molecular flexibility index (Phi) is 4.31. The van der Waals surface area contributed by atoms with Crippen molar-refractivity contribution in [1.29, 1.82) is 5.26 Å². The number of alkyl halides is 3. The molecule has 0 spiro atoms. The average molecular weight is 298 g/mol. The minimum Gasteiger partial charge on any atom is -0.345 e. The summed E-state index contributed by atoms with van der Waals surface area (Å²) in [6.07, 6.45) is -1.86. The first-order valence-electron chi connectivity index (χ1n) is 6.38. The first kappa shape index (κ1) is 15.1. The van der Waals surface area contributed by atoms with E-state index in [2.05, 4.69) is 4.98 Å². The number of pyridine rings is 1. The van der Waals surface area contributed by atoms with Gasteiger partial charge in [-0.1, -0.05) is 0 Å². The lowest BCUT2D eigenvalue weighted by atomic mass is 10.2. The van der Waals surface area contributed by atoms with E-state index in [0.717, 1.165) is 0 Å². The highest BCUT2D eigenvalue weighted by Gasteiger charge is 2.35. The molecule has 1 unspecified atom stereocenters. The van der Waals surface area contributed by atoms with Gasteiger partial charge in [-0.05, 0) is 25.0 Å². The minimum atomic E-state index is -4.44. The quantitative estimate of drug-likeness (QED) is 0.920. The summed E-state index contributed by atoms with van der Waals surface area (Å²) in [5.74, 6) is -0.357. The van der Waals surface area contributed by atoms with Crippen LogP contribution in [0.2, 0.25) is 0 Å². The molecule has 1 aliphatic heterocycles. The maximum absolute atomic E-state index is 12.2. The Labute approximate surface area is 119 Å². The third-order valence-corrected chi connectivity index (χ3v) is 3.20. The lowest BCUT2D eigenvalue weighted by Crippen LogP contribution is -2.46. The van der Waals surface area contributed by atoms with Crippen molar-refractivity contribution >= 4 is 11.7 Å². The summed E-state index contributed by atoms with van der Waals surface area (Å²) in [7, 11) is 0. The van der Waals surface area contributed by atoms with Gasteiger partial charge in [-0.2, -0.15) is 18.4 Å². The molecule has 1 fully saturated rings. The lowest BCUT2D eigenvalue weighted by Gasteiger charge is -2.25. The van der Waals surface area contributed by atoms with Gasteiger partial charge in [0.15, 0.2) is 0 Å². The second kappa shape index (κ2) is 5.99. The number of rotatable bonds is 3. The van der Waals surface area contributed by atoms with Gasteiger partial charge in [0.25, 0.3) is 0 Å². The van der Waals surface area contributed by atoms with Crippen LogP contribution in [-0.2, 0) is 4.79 Å². The fourth-order valence-corrected chi connectivity index (χ4v) is 2.31. The summed E-state index contributed by atoms with van der Waals surface area (Å²) in [4.78, 5) is 17.6. The Morgan fingerprint density at radius 3 is 3.00 bits per heavy atom. The first-order valence-corrected chi connectivity index (χ1v) is 6.38. The lowest BCUT2D eigenvalue weighted by molar-refractivity contribution is -0.139. The van der Waals surface area contributed by atoms with Gasteiger partial charge < -0.3 is 10.2 Å². The van der Waals surface area contributed by atoms with Crippen LogP contribution in [-0.4, -0.2) is 36.2 Å². The number of hydrogen-bond acceptors (Lipinski definition) is 4. The van der Waals surface area contributed by atoms with Crippen LogP contribution in [0.5, 0.6) is 0 Å². The monoisotopic (exact) mass is 298 g/mol. The van der Waals surface area contributed by atoms with E-state index < -0.39 is 24.7 Å². The van der Waals surface area contributed by atoms with Crippen LogP contribution in [0.3, 0.4) is 0 Å². The number of nitriles is 1. The predicted octanol–water partition coefficient (Wildman–Crippen LogP) is 1.60. The van der Waals surface area contributed by atoms with E-state index in [1.807, 2.05) is 11.4 Å². The number of halogens is 3. The van der Waals surface area contributed by atoms with Crippen LogP contribution in [0, 0.1) is 11.3 Å². The van der Waals surface area contributed by atoms with Gasteiger partial charge in [-0.25, -0.2) is 4.98 Å². The van der Waals surface area contributed by atoms with Crippen molar-refractivity contribution in [2.45, 2.75) is 25.1 Å². The molecule has 1 aromatic heterocycles. The van der Waals surface area contributed by atoms with E-state index in [-0.39, 0.29) is 0 Å². The zero-order valence-corrected chi connectivity index (χ0v) is 11.0. The highest BCUT2D eigenvalue weighted by atomic mass is 19.4. The number of hydrogen-bond donors (Lipinski definition) is 1. The number of aromatic nitrogens is 1. The van der Waals surface area contributed by atoms with Gasteiger partial charge in [0.05, 0.1) is 5.56 Å². The molecule has 2 heterocycles. The van der Waals surface area contributed by atoms with Crippen LogP contribution in [0.25, 0.3) is 0 Å². The van der Waals surface area contributed by atoms with Gasteiger partial charge in [-0.3, -0.25) is 4.79 Å². The molecule has 1 N–H and O–H groups in total. The molecule has 1 saturated heterocycles. The molecule has 0 saturated carbocycles. The Bertz CT molecular complexity index is 567. The molecule has 1 aromatic rings. The van der Waals surface area contributed by atoms with Crippen molar-refractivity contribution in [1.82, 2.24) is 10.3 Å². The Morgan fingerprint density at radius 1 is 1.57 bits per heavy atom. The highest BCUT2D eigenvalue weighted by Crippen LogP contribution is 2.26. The maximum atomic E-state index is 12.2. The van der Waals surface area contributed by atoms with E-state index in [9.17, 15) is 18.0 Å². The molecule has 1 amide bonds. The number of anilines is 1. The molecule has 2 rings (SSSR count). The van der Waals surface area contributed by atoms with Crippen molar-refractivity contribution < 1.29 is 18.0 Å². The second-order valence-corrected chi connectivity index (χ2v) is 4.67. The molecule has 21 heavy (non-hydrogen) atoms. The Morgan fingerprint density at radius 2 is 2.33 bits per heavy atom. The predicted molar refractivity (Wildman–Crippen MR) is 68.4 cm³/mol. The summed E-state index contributed by atoms with van der Waals surface area (Å²) in [5.41, 5.74) is 0.299. The summed E-state index contributed by atoms with van der Waals surface area (Å²) >= 11 is 0. The van der Waals surface area contributed by atoms with E-state index >= 15 is 0 Å². The number of carbonyl (C=O) groups excluding carboxylic acids is 1. The summed E-state index contributed by atoms with van der Waals surface area (Å²) in [6, 6.07) is 4.40. The van der Waals surface area contributed by atoms with Gasteiger partial charge in [0, 0.05) is 12.7 Å². The molecule has 0 aliphatic carbocycles. The van der Waals surface area contributed by atoms with E-state index in [1.165, 1.54) is 6.20 Å². The molecule has 112 valence electrons. The third-order valence-electron chi connectivity index (χ3n) is 3.20. The molecule has 0 radical (unpaired) electrons. The summed E-state index contributed by atoms with van der Waals surface area (Å²) < 4.78 is 36.5. The van der Waals surface area contributed by atoms with E-state index in [1.54, 1.807) is 17.0 Å². The summed E-state index contributed by atoms with van der Waals surface area (Å²) in [6.45, 7) is -0.876. The molecule has 1 aliphatic rings. The molecule has 0 aromatic carbocycles. The van der Waals surface area contributed by atoms with Crippen molar-refractivity contribution in [2.24, 2.45) is 0 Å². The van der Waals surface area contributed by atoms with Gasteiger partial charge in [0.2, 0.25) is 5.91 Å². The van der Waals surface area contributed by atoms with Gasteiger partial charge >= 0.3 is 6.18 Å². The molecule has 0 bridgehead atoms. The SMILES string of the molecule is N#Cc1cccnc1N1CCCC1C(=O)NCC(F)(F)F. The third kappa shape index (κ3) is 3.62. The van der Waals surface area contributed by atoms with E-state index in [4.69, 9.17) is 5.26 Å². The van der Waals surface area contributed by atoms with Crippen LogP contribution in [0.15, 0.2) is 18.3 Å². The van der Waals surface area contributed by atoms with Gasteiger partial charge in [-0.15, -0.1) is 0 Å². The zero-order chi connectivity index (χ0) is 15.5. The van der Waals surface area contributed by atoms with Crippen molar-refractivity contribution in [2.75, 3.05) is 18.0 Å². The second-order valence-electron chi connectivity index (χ2n) is 4.67. The van der Waals surface area contributed by atoms with Crippen molar-refractivity contribution in [3.05, 3.63) is 23.9 Å². The molecule has 1 atom stereocenters. The van der Waals surface area contributed by atoms with Crippen LogP contribution in [0.1, 0.15) is 18.4 Å². The van der Waals surface area contributed by atoms with Crippen LogP contribution in [0.4, 0.5) is 19.0 Å². The Balaban J connectivity index is 2.14. The largest absolute Gasteiger partial charge is 0.405 e. The average Bonchev–Trinajstić information content (AvgIpc) is 2.93. The molecular formula is C13H13F3N4O. The zero-order valence-electron chi connectivity index (χ0n) is 11.0. The van der Waals surface area contributed by atoms with Crippen molar-refractivity contribution in [3.63, 3.8) is 0 Å². The number of carbonyl (C=O) groups is 1. The minimum absolute atomic E-state index is 0.299. The number of nitrogens with one attached hydrogen (secondary N) is 1. The fraction of sp³-hybridized carbons (Fsp3) is 0.462. The highest BCUT2D eigenvalue weighted by molar-refractivity contribution is 5.86. The standard InChI is InChI=1S/C13H13F3N4O/c14-13(15,16)8-19-12(21)10-4-2-6-20(10)11-9(7-17)3-1-5-18-11/h1,3,5,10H,2,4,6,8H2,(H,19,21). The molecule has 5 nitrogen and oxygen atoms in total. The Hall–Kier alpha value is -2.30. The smallest absolute Gasteiger partial charge is 0.345 e. The topological polar surface area (TPSA) is 69.0 Å². The first-order chi connectivity index (χ1) is 9.92. The fourth-order valence-electron chi connectivity index (χ4n) is 2.31. The number of nitrogens with zero attached hydrogens (tertiary/aromatic N) is 3. The summed E-state index contributed by atoms with van der Waals surface area (Å²) in [5, 5.41) is 10.9. The number of amides is 1. The van der Waals surface area contributed by atoms with Crippen LogP contribution >= 0.6 is 0 Å². The molecular weight excluding hydrogens is 285 g/mol.